The molecule has 2 fully saturated rings. The van der Waals surface area contributed by atoms with Crippen LogP contribution in [0.15, 0.2) is 0 Å². The van der Waals surface area contributed by atoms with E-state index in [1.807, 2.05) is 0 Å². The Bertz CT molecular complexity index is 300. The van der Waals surface area contributed by atoms with E-state index in [0.29, 0.717) is 23.9 Å². The van der Waals surface area contributed by atoms with Crippen molar-refractivity contribution in [3.05, 3.63) is 0 Å². The molecule has 8 atom stereocenters. The molecule has 0 aromatic rings. The van der Waals surface area contributed by atoms with Crippen LogP contribution < -0.4 is 11.5 Å². The van der Waals surface area contributed by atoms with Crippen LogP contribution in [0, 0.1) is 41.4 Å². The highest BCUT2D eigenvalue weighted by Crippen LogP contribution is 2.48. The van der Waals surface area contributed by atoms with Crippen LogP contribution in [0.4, 0.5) is 0 Å². The Kier molecular flexibility index (Phi) is 5.76. The van der Waals surface area contributed by atoms with E-state index in [1.54, 1.807) is 0 Å². The van der Waals surface area contributed by atoms with Crippen molar-refractivity contribution in [3.63, 3.8) is 0 Å². The Morgan fingerprint density at radius 3 is 1.43 bits per heavy atom. The van der Waals surface area contributed by atoms with Gasteiger partial charge in [0, 0.05) is 12.1 Å². The van der Waals surface area contributed by atoms with Gasteiger partial charge in [-0.2, -0.15) is 0 Å². The van der Waals surface area contributed by atoms with Gasteiger partial charge in [-0.15, -0.1) is 0 Å². The molecule has 21 heavy (non-hydrogen) atoms. The Morgan fingerprint density at radius 2 is 1.10 bits per heavy atom. The molecule has 2 nitrogen and oxygen atoms in total. The van der Waals surface area contributed by atoms with Crippen molar-refractivity contribution < 1.29 is 0 Å². The molecule has 0 heterocycles. The smallest absolute Gasteiger partial charge is 0.00672 e. The molecule has 0 aromatic carbocycles. The van der Waals surface area contributed by atoms with Crippen molar-refractivity contribution in [3.8, 4) is 0 Å². The van der Waals surface area contributed by atoms with Crippen LogP contribution in [-0.4, -0.2) is 12.1 Å². The average molecular weight is 295 g/mol. The second kappa shape index (κ2) is 7.00. The van der Waals surface area contributed by atoms with Gasteiger partial charge in [0.15, 0.2) is 0 Å². The lowest BCUT2D eigenvalue weighted by Crippen LogP contribution is -2.47. The van der Waals surface area contributed by atoms with Gasteiger partial charge in [-0.05, 0) is 67.1 Å². The summed E-state index contributed by atoms with van der Waals surface area (Å²) in [5.74, 6) is 5.53. The molecule has 0 saturated heterocycles. The fraction of sp³-hybridized carbons (Fsp3) is 1.00. The van der Waals surface area contributed by atoms with Gasteiger partial charge in [-0.25, -0.2) is 0 Å². The molecule has 124 valence electrons. The third-order valence-corrected chi connectivity index (χ3v) is 7.60. The fourth-order valence-electron chi connectivity index (χ4n) is 5.51. The Balaban J connectivity index is 2.12. The van der Waals surface area contributed by atoms with Crippen molar-refractivity contribution in [2.24, 2.45) is 52.9 Å². The maximum Gasteiger partial charge on any atom is 0.00672 e. The standard InChI is InChI=1S/C19H38N2/c1-6-15(16-7-9-18(20)13(4)11(16)2)17-8-10-19(21)14(5)12(17)3/h11-19H,6-10,20-21H2,1-5H3. The van der Waals surface area contributed by atoms with Gasteiger partial charge in [0.2, 0.25) is 0 Å². The van der Waals surface area contributed by atoms with Crippen LogP contribution in [0.25, 0.3) is 0 Å². The van der Waals surface area contributed by atoms with Gasteiger partial charge < -0.3 is 11.5 Å². The highest BCUT2D eigenvalue weighted by atomic mass is 14.7. The zero-order valence-electron chi connectivity index (χ0n) is 14.9. The minimum Gasteiger partial charge on any atom is -0.327 e. The maximum absolute atomic E-state index is 6.30. The van der Waals surface area contributed by atoms with Gasteiger partial charge in [-0.3, -0.25) is 0 Å². The molecule has 8 unspecified atom stereocenters. The molecule has 2 aliphatic carbocycles. The first-order valence-electron chi connectivity index (χ1n) is 9.39. The van der Waals surface area contributed by atoms with Crippen LogP contribution in [-0.2, 0) is 0 Å². The zero-order valence-corrected chi connectivity index (χ0v) is 14.9. The number of rotatable bonds is 3. The molecule has 0 aromatic heterocycles. The summed E-state index contributed by atoms with van der Waals surface area (Å²) >= 11 is 0. The summed E-state index contributed by atoms with van der Waals surface area (Å²) in [6, 6.07) is 0.842. The monoisotopic (exact) mass is 294 g/mol. The van der Waals surface area contributed by atoms with Gasteiger partial charge in [-0.1, -0.05) is 41.0 Å². The fourth-order valence-corrected chi connectivity index (χ4v) is 5.51. The molecule has 0 radical (unpaired) electrons. The van der Waals surface area contributed by atoms with Crippen LogP contribution in [0.3, 0.4) is 0 Å². The third-order valence-electron chi connectivity index (χ3n) is 7.60. The second-order valence-electron chi connectivity index (χ2n) is 8.32. The highest BCUT2D eigenvalue weighted by molar-refractivity contribution is 4.94. The molecule has 0 spiro atoms. The zero-order chi connectivity index (χ0) is 15.7. The van der Waals surface area contributed by atoms with Crippen molar-refractivity contribution >= 4 is 0 Å². The van der Waals surface area contributed by atoms with Crippen LogP contribution in [0.1, 0.15) is 66.7 Å². The van der Waals surface area contributed by atoms with E-state index >= 15 is 0 Å². The van der Waals surface area contributed by atoms with Crippen molar-refractivity contribution in [1.29, 1.82) is 0 Å². The van der Waals surface area contributed by atoms with Crippen molar-refractivity contribution in [2.75, 3.05) is 0 Å². The van der Waals surface area contributed by atoms with Crippen LogP contribution >= 0.6 is 0 Å². The van der Waals surface area contributed by atoms with Gasteiger partial charge in [0.05, 0.1) is 0 Å². The van der Waals surface area contributed by atoms with Gasteiger partial charge in [0.1, 0.15) is 0 Å². The molecule has 2 saturated carbocycles. The number of nitrogens with two attached hydrogens (primary N) is 2. The van der Waals surface area contributed by atoms with Crippen LogP contribution in [0.5, 0.6) is 0 Å². The minimum absolute atomic E-state index is 0.421. The summed E-state index contributed by atoms with van der Waals surface area (Å²) in [6.45, 7) is 12.1. The topological polar surface area (TPSA) is 52.0 Å². The third kappa shape index (κ3) is 3.32. The second-order valence-corrected chi connectivity index (χ2v) is 8.32. The lowest BCUT2D eigenvalue weighted by molar-refractivity contribution is 0.0196. The van der Waals surface area contributed by atoms with E-state index in [4.69, 9.17) is 11.5 Å². The minimum atomic E-state index is 0.421. The SMILES string of the molecule is CCC(C1CCC(N)C(C)C1C)C1CCC(N)C(C)C1C. The van der Waals surface area contributed by atoms with E-state index in [1.165, 1.54) is 32.1 Å². The maximum atomic E-state index is 6.30. The first-order valence-corrected chi connectivity index (χ1v) is 9.39. The van der Waals surface area contributed by atoms with E-state index in [-0.39, 0.29) is 0 Å². The predicted octanol–water partition coefficient (Wildman–Crippen LogP) is 4.03. The Labute approximate surface area is 132 Å². The summed E-state index contributed by atoms with van der Waals surface area (Å²) in [6.07, 6.45) is 6.46. The first-order chi connectivity index (χ1) is 9.88. The quantitative estimate of drug-likeness (QED) is 0.825. The summed E-state index contributed by atoms with van der Waals surface area (Å²) < 4.78 is 0. The molecule has 0 bridgehead atoms. The summed E-state index contributed by atoms with van der Waals surface area (Å²) in [5.41, 5.74) is 12.6. The largest absolute Gasteiger partial charge is 0.327 e. The summed E-state index contributed by atoms with van der Waals surface area (Å²) in [4.78, 5) is 0. The van der Waals surface area contributed by atoms with E-state index in [9.17, 15) is 0 Å². The molecule has 2 heteroatoms. The molecule has 0 aliphatic heterocycles. The lowest BCUT2D eigenvalue weighted by atomic mass is 9.58. The molecular formula is C19H38N2. The summed E-state index contributed by atoms with van der Waals surface area (Å²) in [7, 11) is 0. The van der Waals surface area contributed by atoms with Crippen molar-refractivity contribution in [1.82, 2.24) is 0 Å². The molecule has 2 aliphatic rings. The van der Waals surface area contributed by atoms with Gasteiger partial charge >= 0.3 is 0 Å². The number of hydrogen-bond donors (Lipinski definition) is 2. The average Bonchev–Trinajstić information content (AvgIpc) is 2.47. The highest BCUT2D eigenvalue weighted by Gasteiger charge is 2.43. The Morgan fingerprint density at radius 1 is 0.714 bits per heavy atom. The summed E-state index contributed by atoms with van der Waals surface area (Å²) in [5, 5.41) is 0. The first kappa shape index (κ1) is 17.3. The van der Waals surface area contributed by atoms with E-state index < -0.39 is 0 Å². The predicted molar refractivity (Wildman–Crippen MR) is 91.8 cm³/mol. The molecular weight excluding hydrogens is 256 g/mol. The normalized spacial score (nSPS) is 49.9. The number of hydrogen-bond acceptors (Lipinski definition) is 2. The molecule has 2 rings (SSSR count). The van der Waals surface area contributed by atoms with Gasteiger partial charge in [0.25, 0.3) is 0 Å². The molecule has 0 amide bonds. The Hall–Kier alpha value is -0.0800. The van der Waals surface area contributed by atoms with E-state index in [0.717, 1.165) is 29.6 Å². The van der Waals surface area contributed by atoms with E-state index in [2.05, 4.69) is 34.6 Å². The van der Waals surface area contributed by atoms with Crippen molar-refractivity contribution in [2.45, 2.75) is 78.8 Å². The molecule has 4 N–H and O–H groups in total. The van der Waals surface area contributed by atoms with Crippen LogP contribution in [0.2, 0.25) is 0 Å². The lowest BCUT2D eigenvalue weighted by Gasteiger charge is -2.49.